The molecule has 2 aromatic carbocycles. The fourth-order valence-electron chi connectivity index (χ4n) is 3.66. The number of hydrogen-bond donors (Lipinski definition) is 0. The number of rotatable bonds is 2. The van der Waals surface area contributed by atoms with Gasteiger partial charge in [0.05, 0.1) is 22.7 Å². The first-order chi connectivity index (χ1) is 13.9. The van der Waals surface area contributed by atoms with E-state index in [9.17, 15) is 9.59 Å². The Morgan fingerprint density at radius 1 is 1.10 bits per heavy atom. The predicted molar refractivity (Wildman–Crippen MR) is 117 cm³/mol. The highest BCUT2D eigenvalue weighted by Crippen LogP contribution is 2.42. The third kappa shape index (κ3) is 2.84. The van der Waals surface area contributed by atoms with Gasteiger partial charge >= 0.3 is 0 Å². The smallest absolute Gasteiger partial charge is 0.297 e. The molecule has 0 saturated carbocycles. The Morgan fingerprint density at radius 2 is 1.86 bits per heavy atom. The predicted octanol–water partition coefficient (Wildman–Crippen LogP) is 5.38. The molecule has 7 heteroatoms. The number of fused-ring (bicyclic) bond motifs is 2. The van der Waals surface area contributed by atoms with Crippen LogP contribution in [0.25, 0.3) is 11.0 Å². The number of thiazole rings is 1. The SMILES string of the molecule is Cc1ccc([C@@H]2c3c(oc4ccc(Br)cc4c3=O)C(=O)N2c2nc(C)cs2)cc1. The highest BCUT2D eigenvalue weighted by Gasteiger charge is 2.44. The molecule has 0 fully saturated rings. The Kier molecular flexibility index (Phi) is 4.18. The lowest BCUT2D eigenvalue weighted by atomic mass is 9.98. The summed E-state index contributed by atoms with van der Waals surface area (Å²) >= 11 is 4.79. The largest absolute Gasteiger partial charge is 0.450 e. The normalized spacial score (nSPS) is 15.9. The van der Waals surface area contributed by atoms with Gasteiger partial charge in [0, 0.05) is 9.85 Å². The summed E-state index contributed by atoms with van der Waals surface area (Å²) in [5.74, 6) is -0.259. The van der Waals surface area contributed by atoms with E-state index >= 15 is 0 Å². The van der Waals surface area contributed by atoms with Crippen molar-refractivity contribution in [2.24, 2.45) is 0 Å². The Hall–Kier alpha value is -2.77. The molecule has 1 aliphatic rings. The van der Waals surface area contributed by atoms with Gasteiger partial charge < -0.3 is 4.42 Å². The number of hydrogen-bond acceptors (Lipinski definition) is 5. The lowest BCUT2D eigenvalue weighted by Gasteiger charge is -2.22. The minimum Gasteiger partial charge on any atom is -0.450 e. The summed E-state index contributed by atoms with van der Waals surface area (Å²) in [6, 6.07) is 12.5. The minimum absolute atomic E-state index is 0.0863. The van der Waals surface area contributed by atoms with Crippen LogP contribution in [0, 0.1) is 13.8 Å². The third-order valence-corrected chi connectivity index (χ3v) is 6.49. The topological polar surface area (TPSA) is 63.4 Å². The van der Waals surface area contributed by atoms with Gasteiger partial charge in [-0.25, -0.2) is 4.98 Å². The maximum Gasteiger partial charge on any atom is 0.297 e. The molecular formula is C22H15BrN2O3S. The molecule has 0 spiro atoms. The zero-order chi connectivity index (χ0) is 20.3. The van der Waals surface area contributed by atoms with Crippen molar-refractivity contribution >= 4 is 49.3 Å². The van der Waals surface area contributed by atoms with Crippen LogP contribution < -0.4 is 10.3 Å². The first-order valence-corrected chi connectivity index (χ1v) is 10.7. The van der Waals surface area contributed by atoms with Crippen LogP contribution in [0.2, 0.25) is 0 Å². The molecule has 2 aromatic heterocycles. The monoisotopic (exact) mass is 466 g/mol. The molecule has 0 bridgehead atoms. The minimum atomic E-state index is -0.580. The number of halogens is 1. The third-order valence-electron chi connectivity index (χ3n) is 5.04. The van der Waals surface area contributed by atoms with E-state index < -0.39 is 6.04 Å². The molecule has 3 heterocycles. The number of amides is 1. The maximum atomic E-state index is 13.5. The molecule has 144 valence electrons. The Balaban J connectivity index is 1.83. The van der Waals surface area contributed by atoms with Gasteiger partial charge in [0.1, 0.15) is 5.58 Å². The van der Waals surface area contributed by atoms with Crippen molar-refractivity contribution in [1.29, 1.82) is 0 Å². The lowest BCUT2D eigenvalue weighted by molar-refractivity contribution is 0.0971. The fourth-order valence-corrected chi connectivity index (χ4v) is 4.85. The van der Waals surface area contributed by atoms with E-state index in [1.807, 2.05) is 43.5 Å². The van der Waals surface area contributed by atoms with Gasteiger partial charge in [-0.1, -0.05) is 45.8 Å². The highest BCUT2D eigenvalue weighted by molar-refractivity contribution is 9.10. The van der Waals surface area contributed by atoms with Crippen molar-refractivity contribution in [2.75, 3.05) is 4.90 Å². The van der Waals surface area contributed by atoms with Gasteiger partial charge in [0.25, 0.3) is 5.91 Å². The Labute approximate surface area is 178 Å². The standard InChI is InChI=1S/C22H15BrN2O3S/c1-11-3-5-13(6-4-11)18-17-19(26)15-9-14(23)7-8-16(15)28-20(17)21(27)25(18)22-24-12(2)10-29-22/h3-10,18H,1-2H3/t18-/m1/s1. The summed E-state index contributed by atoms with van der Waals surface area (Å²) in [4.78, 5) is 32.9. The van der Waals surface area contributed by atoms with E-state index in [0.717, 1.165) is 21.3 Å². The van der Waals surface area contributed by atoms with E-state index in [2.05, 4.69) is 20.9 Å². The zero-order valence-corrected chi connectivity index (χ0v) is 18.0. The van der Waals surface area contributed by atoms with Gasteiger partial charge in [0.15, 0.2) is 10.6 Å². The number of carbonyl (C=O) groups is 1. The van der Waals surface area contributed by atoms with E-state index in [-0.39, 0.29) is 17.1 Å². The molecule has 1 atom stereocenters. The molecule has 1 amide bonds. The van der Waals surface area contributed by atoms with Crippen molar-refractivity contribution < 1.29 is 9.21 Å². The lowest BCUT2D eigenvalue weighted by Crippen LogP contribution is -2.29. The van der Waals surface area contributed by atoms with Crippen molar-refractivity contribution in [3.63, 3.8) is 0 Å². The molecule has 0 saturated heterocycles. The van der Waals surface area contributed by atoms with Crippen LogP contribution >= 0.6 is 27.3 Å². The average Bonchev–Trinajstić information content (AvgIpc) is 3.25. The summed E-state index contributed by atoms with van der Waals surface area (Å²) in [5.41, 5.74) is 3.33. The van der Waals surface area contributed by atoms with Gasteiger partial charge in [-0.15, -0.1) is 11.3 Å². The molecule has 0 aliphatic carbocycles. The summed E-state index contributed by atoms with van der Waals surface area (Å²) in [5, 5.41) is 2.88. The summed E-state index contributed by atoms with van der Waals surface area (Å²) in [6.45, 7) is 3.88. The van der Waals surface area contributed by atoms with Gasteiger partial charge in [-0.3, -0.25) is 14.5 Å². The van der Waals surface area contributed by atoms with E-state index in [1.165, 1.54) is 11.3 Å². The maximum absolute atomic E-state index is 13.5. The molecule has 1 aliphatic heterocycles. The van der Waals surface area contributed by atoms with E-state index in [4.69, 9.17) is 4.42 Å². The van der Waals surface area contributed by atoms with Gasteiger partial charge in [0.2, 0.25) is 5.76 Å². The van der Waals surface area contributed by atoms with Crippen LogP contribution in [0.5, 0.6) is 0 Å². The molecule has 29 heavy (non-hydrogen) atoms. The first kappa shape index (κ1) is 18.3. The van der Waals surface area contributed by atoms with Gasteiger partial charge in [-0.05, 0) is 37.6 Å². The van der Waals surface area contributed by atoms with Crippen LogP contribution in [0.3, 0.4) is 0 Å². The Morgan fingerprint density at radius 3 is 2.55 bits per heavy atom. The molecule has 0 N–H and O–H groups in total. The number of aromatic nitrogens is 1. The number of carbonyl (C=O) groups excluding carboxylic acids is 1. The summed E-state index contributed by atoms with van der Waals surface area (Å²) < 4.78 is 6.73. The molecular weight excluding hydrogens is 452 g/mol. The summed E-state index contributed by atoms with van der Waals surface area (Å²) in [7, 11) is 0. The molecule has 4 aromatic rings. The molecule has 0 unspecified atom stereocenters. The molecule has 5 nitrogen and oxygen atoms in total. The molecule has 0 radical (unpaired) electrons. The fraction of sp³-hybridized carbons (Fsp3) is 0.136. The van der Waals surface area contributed by atoms with Crippen LogP contribution in [0.15, 0.2) is 61.5 Å². The van der Waals surface area contributed by atoms with Crippen LogP contribution in [0.4, 0.5) is 5.13 Å². The van der Waals surface area contributed by atoms with Crippen LogP contribution in [0.1, 0.15) is 39.0 Å². The number of aryl methyl sites for hydroxylation is 2. The second-order valence-electron chi connectivity index (χ2n) is 7.07. The van der Waals surface area contributed by atoms with Crippen molar-refractivity contribution in [3.05, 3.63) is 90.7 Å². The zero-order valence-electron chi connectivity index (χ0n) is 15.6. The average molecular weight is 467 g/mol. The van der Waals surface area contributed by atoms with E-state index in [1.54, 1.807) is 23.1 Å². The second kappa shape index (κ2) is 6.64. The summed E-state index contributed by atoms with van der Waals surface area (Å²) in [6.07, 6.45) is 0. The Bertz CT molecular complexity index is 1340. The first-order valence-electron chi connectivity index (χ1n) is 9.02. The van der Waals surface area contributed by atoms with E-state index in [0.29, 0.717) is 21.7 Å². The van der Waals surface area contributed by atoms with Crippen molar-refractivity contribution in [3.8, 4) is 0 Å². The number of benzene rings is 2. The second-order valence-corrected chi connectivity index (χ2v) is 8.83. The van der Waals surface area contributed by atoms with Crippen molar-refractivity contribution in [2.45, 2.75) is 19.9 Å². The highest BCUT2D eigenvalue weighted by atomic mass is 79.9. The van der Waals surface area contributed by atoms with Gasteiger partial charge in [-0.2, -0.15) is 0 Å². The number of anilines is 1. The van der Waals surface area contributed by atoms with Crippen LogP contribution in [-0.2, 0) is 0 Å². The van der Waals surface area contributed by atoms with Crippen molar-refractivity contribution in [1.82, 2.24) is 4.98 Å². The quantitative estimate of drug-likeness (QED) is 0.397. The number of nitrogens with zero attached hydrogens (tertiary/aromatic N) is 2. The van der Waals surface area contributed by atoms with Crippen LogP contribution in [-0.4, -0.2) is 10.9 Å². The molecule has 5 rings (SSSR count).